The van der Waals surface area contributed by atoms with Crippen LogP contribution in [-0.4, -0.2) is 25.0 Å². The second-order valence-corrected chi connectivity index (χ2v) is 4.83. The lowest BCUT2D eigenvalue weighted by Gasteiger charge is -2.11. The Hall–Kier alpha value is -0.410. The van der Waals surface area contributed by atoms with Crippen molar-refractivity contribution in [2.24, 2.45) is 11.7 Å². The van der Waals surface area contributed by atoms with Crippen molar-refractivity contribution in [1.29, 1.82) is 0 Å². The van der Waals surface area contributed by atoms with E-state index in [1.54, 1.807) is 0 Å². The molecule has 94 valence electrons. The molecule has 16 heavy (non-hydrogen) atoms. The summed E-state index contributed by atoms with van der Waals surface area (Å²) in [4.78, 5) is 11.7. The fourth-order valence-corrected chi connectivity index (χ4v) is 2.21. The third-order valence-electron chi connectivity index (χ3n) is 3.36. The average molecular weight is 227 g/mol. The number of Topliss-reactive ketones (excluding diaryl/α,β-unsaturated/α-hetero) is 1. The van der Waals surface area contributed by atoms with E-state index in [0.717, 1.165) is 32.3 Å². The molecule has 1 fully saturated rings. The first kappa shape index (κ1) is 13.7. The van der Waals surface area contributed by atoms with Crippen LogP contribution in [0.25, 0.3) is 0 Å². The van der Waals surface area contributed by atoms with Gasteiger partial charge in [-0.25, -0.2) is 0 Å². The summed E-state index contributed by atoms with van der Waals surface area (Å²) in [6, 6.07) is 0. The van der Waals surface area contributed by atoms with Crippen molar-refractivity contribution in [3.05, 3.63) is 0 Å². The van der Waals surface area contributed by atoms with Gasteiger partial charge in [-0.3, -0.25) is 4.79 Å². The van der Waals surface area contributed by atoms with Crippen LogP contribution in [0.3, 0.4) is 0 Å². The number of ether oxygens (including phenoxy) is 1. The van der Waals surface area contributed by atoms with Crippen molar-refractivity contribution in [3.8, 4) is 0 Å². The molecular formula is C13H25NO2. The molecule has 0 amide bonds. The molecule has 2 N–H and O–H groups in total. The van der Waals surface area contributed by atoms with Gasteiger partial charge in [0, 0.05) is 18.9 Å². The molecule has 0 saturated carbocycles. The van der Waals surface area contributed by atoms with Crippen LogP contribution in [0.1, 0.15) is 51.9 Å². The zero-order valence-electron chi connectivity index (χ0n) is 10.4. The number of rotatable bonds is 8. The molecule has 1 aliphatic heterocycles. The SMILES string of the molecule is CC(CCCN)C(=O)CCCC1CCCO1. The summed E-state index contributed by atoms with van der Waals surface area (Å²) < 4.78 is 5.53. The number of carbonyl (C=O) groups is 1. The van der Waals surface area contributed by atoms with Crippen molar-refractivity contribution in [2.45, 2.75) is 58.0 Å². The molecule has 0 bridgehead atoms. The van der Waals surface area contributed by atoms with E-state index in [0.29, 0.717) is 24.9 Å². The molecule has 0 aliphatic carbocycles. The first-order valence-corrected chi connectivity index (χ1v) is 6.58. The Morgan fingerprint density at radius 3 is 2.94 bits per heavy atom. The molecule has 1 rings (SSSR count). The van der Waals surface area contributed by atoms with Crippen LogP contribution in [0.15, 0.2) is 0 Å². The van der Waals surface area contributed by atoms with Gasteiger partial charge in [0.2, 0.25) is 0 Å². The third kappa shape index (κ3) is 5.08. The number of nitrogens with two attached hydrogens (primary N) is 1. The molecule has 1 aliphatic rings. The number of carbonyl (C=O) groups excluding carboxylic acids is 1. The average Bonchev–Trinajstić information content (AvgIpc) is 2.78. The predicted octanol–water partition coefficient (Wildman–Crippen LogP) is 2.28. The maximum Gasteiger partial charge on any atom is 0.135 e. The normalized spacial score (nSPS) is 22.2. The van der Waals surface area contributed by atoms with Gasteiger partial charge in [0.25, 0.3) is 0 Å². The summed E-state index contributed by atoms with van der Waals surface area (Å²) in [5.74, 6) is 0.583. The van der Waals surface area contributed by atoms with Crippen LogP contribution in [-0.2, 0) is 9.53 Å². The van der Waals surface area contributed by atoms with Crippen LogP contribution >= 0.6 is 0 Å². The molecule has 0 aromatic rings. The summed E-state index contributed by atoms with van der Waals surface area (Å²) in [5.41, 5.74) is 5.43. The fraction of sp³-hybridized carbons (Fsp3) is 0.923. The minimum atomic E-state index is 0.188. The van der Waals surface area contributed by atoms with Crippen LogP contribution in [0.2, 0.25) is 0 Å². The molecular weight excluding hydrogens is 202 g/mol. The first-order valence-electron chi connectivity index (χ1n) is 6.58. The third-order valence-corrected chi connectivity index (χ3v) is 3.36. The van der Waals surface area contributed by atoms with Crippen LogP contribution in [0.4, 0.5) is 0 Å². The van der Waals surface area contributed by atoms with E-state index in [2.05, 4.69) is 0 Å². The molecule has 0 aromatic heterocycles. The van der Waals surface area contributed by atoms with Gasteiger partial charge < -0.3 is 10.5 Å². The van der Waals surface area contributed by atoms with Crippen LogP contribution in [0, 0.1) is 5.92 Å². The molecule has 0 aromatic carbocycles. The summed E-state index contributed by atoms with van der Waals surface area (Å²) in [6.45, 7) is 3.61. The van der Waals surface area contributed by atoms with Gasteiger partial charge in [0.15, 0.2) is 0 Å². The smallest absolute Gasteiger partial charge is 0.135 e. The zero-order chi connectivity index (χ0) is 11.8. The highest BCUT2D eigenvalue weighted by atomic mass is 16.5. The quantitative estimate of drug-likeness (QED) is 0.692. The molecule has 3 heteroatoms. The van der Waals surface area contributed by atoms with E-state index in [1.165, 1.54) is 12.8 Å². The molecule has 1 heterocycles. The highest BCUT2D eigenvalue weighted by molar-refractivity contribution is 5.80. The van der Waals surface area contributed by atoms with Crippen molar-refractivity contribution < 1.29 is 9.53 Å². The van der Waals surface area contributed by atoms with Crippen molar-refractivity contribution >= 4 is 5.78 Å². The van der Waals surface area contributed by atoms with Crippen molar-refractivity contribution in [1.82, 2.24) is 0 Å². The van der Waals surface area contributed by atoms with E-state index in [4.69, 9.17) is 10.5 Å². The van der Waals surface area contributed by atoms with Crippen LogP contribution in [0.5, 0.6) is 0 Å². The fourth-order valence-electron chi connectivity index (χ4n) is 2.21. The molecule has 2 unspecified atom stereocenters. The van der Waals surface area contributed by atoms with Gasteiger partial charge in [-0.15, -0.1) is 0 Å². The summed E-state index contributed by atoms with van der Waals surface area (Å²) in [6.07, 6.45) is 7.43. The molecule has 0 spiro atoms. The molecule has 1 saturated heterocycles. The second kappa shape index (κ2) is 7.80. The highest BCUT2D eigenvalue weighted by Crippen LogP contribution is 2.19. The number of hydrogen-bond acceptors (Lipinski definition) is 3. The second-order valence-electron chi connectivity index (χ2n) is 4.83. The van der Waals surface area contributed by atoms with Gasteiger partial charge in [0.1, 0.15) is 5.78 Å². The van der Waals surface area contributed by atoms with E-state index in [1.807, 2.05) is 6.92 Å². The number of ketones is 1. The maximum absolute atomic E-state index is 11.7. The first-order chi connectivity index (χ1) is 7.74. The monoisotopic (exact) mass is 227 g/mol. The standard InChI is InChI=1S/C13H25NO2/c1-11(5-3-9-14)13(15)8-2-6-12-7-4-10-16-12/h11-12H,2-10,14H2,1H3. The highest BCUT2D eigenvalue weighted by Gasteiger charge is 2.17. The Labute approximate surface area is 98.7 Å². The number of hydrogen-bond donors (Lipinski definition) is 1. The van der Waals surface area contributed by atoms with E-state index < -0.39 is 0 Å². The van der Waals surface area contributed by atoms with Gasteiger partial charge >= 0.3 is 0 Å². The van der Waals surface area contributed by atoms with Crippen molar-refractivity contribution in [3.63, 3.8) is 0 Å². The summed E-state index contributed by atoms with van der Waals surface area (Å²) in [7, 11) is 0. The Morgan fingerprint density at radius 1 is 1.50 bits per heavy atom. The lowest BCUT2D eigenvalue weighted by Crippen LogP contribution is -2.14. The Balaban J connectivity index is 2.04. The zero-order valence-corrected chi connectivity index (χ0v) is 10.4. The van der Waals surface area contributed by atoms with E-state index in [9.17, 15) is 4.79 Å². The minimum Gasteiger partial charge on any atom is -0.378 e. The summed E-state index contributed by atoms with van der Waals surface area (Å²) in [5, 5.41) is 0. The Kier molecular flexibility index (Phi) is 6.65. The molecule has 3 nitrogen and oxygen atoms in total. The van der Waals surface area contributed by atoms with Gasteiger partial charge in [-0.1, -0.05) is 6.92 Å². The van der Waals surface area contributed by atoms with Gasteiger partial charge in [-0.2, -0.15) is 0 Å². The Bertz CT molecular complexity index is 200. The van der Waals surface area contributed by atoms with Gasteiger partial charge in [-0.05, 0) is 45.1 Å². The largest absolute Gasteiger partial charge is 0.378 e. The lowest BCUT2D eigenvalue weighted by atomic mass is 9.96. The molecule has 2 atom stereocenters. The van der Waals surface area contributed by atoms with E-state index in [-0.39, 0.29) is 5.92 Å². The van der Waals surface area contributed by atoms with Gasteiger partial charge in [0.05, 0.1) is 6.10 Å². The topological polar surface area (TPSA) is 52.3 Å². The minimum absolute atomic E-state index is 0.188. The molecule has 0 radical (unpaired) electrons. The lowest BCUT2D eigenvalue weighted by molar-refractivity contribution is -0.122. The maximum atomic E-state index is 11.7. The van der Waals surface area contributed by atoms with Crippen molar-refractivity contribution in [2.75, 3.05) is 13.2 Å². The van der Waals surface area contributed by atoms with E-state index >= 15 is 0 Å². The Morgan fingerprint density at radius 2 is 2.31 bits per heavy atom. The van der Waals surface area contributed by atoms with Crippen LogP contribution < -0.4 is 5.73 Å². The predicted molar refractivity (Wildman–Crippen MR) is 65.3 cm³/mol. The summed E-state index contributed by atoms with van der Waals surface area (Å²) >= 11 is 0.